The lowest BCUT2D eigenvalue weighted by atomic mass is 10.1. The molecule has 0 aliphatic carbocycles. The maximum atomic E-state index is 12.0. The molecule has 1 aromatic carbocycles. The fourth-order valence-corrected chi connectivity index (χ4v) is 2.24. The number of carbonyl (C=O) groups is 1. The van der Waals surface area contributed by atoms with Crippen LogP contribution in [0.2, 0.25) is 0 Å². The van der Waals surface area contributed by atoms with Gasteiger partial charge in [-0.05, 0) is 26.0 Å². The zero-order chi connectivity index (χ0) is 18.0. The van der Waals surface area contributed by atoms with E-state index in [1.165, 1.54) is 13.0 Å². The molecule has 0 radical (unpaired) electrons. The van der Waals surface area contributed by atoms with Crippen molar-refractivity contribution in [1.29, 1.82) is 5.26 Å². The minimum Gasteiger partial charge on any atom is -0.507 e. The second kappa shape index (κ2) is 6.49. The molecule has 3 aromatic rings. The quantitative estimate of drug-likeness (QED) is 0.425. The molecule has 0 bridgehead atoms. The van der Waals surface area contributed by atoms with E-state index in [0.717, 1.165) is 5.52 Å². The number of nitrogens with one attached hydrogen (secondary N) is 1. The van der Waals surface area contributed by atoms with Gasteiger partial charge in [0.15, 0.2) is 17.7 Å². The summed E-state index contributed by atoms with van der Waals surface area (Å²) in [5, 5.41) is 23.3. The lowest BCUT2D eigenvalue weighted by molar-refractivity contribution is 0.0289. The van der Waals surface area contributed by atoms with E-state index in [1.807, 2.05) is 18.2 Å². The molecule has 0 amide bonds. The number of benzene rings is 1. The summed E-state index contributed by atoms with van der Waals surface area (Å²) in [7, 11) is 0. The van der Waals surface area contributed by atoms with Crippen LogP contribution in [0.3, 0.4) is 0 Å². The second-order valence-electron chi connectivity index (χ2n) is 5.35. The van der Waals surface area contributed by atoms with E-state index >= 15 is 0 Å². The normalized spacial score (nSPS) is 13.2. The number of aliphatic hydroxyl groups is 1. The van der Waals surface area contributed by atoms with Crippen LogP contribution in [0.25, 0.3) is 16.6 Å². The standard InChI is InChI=1S/C17H14N4O4/c1-9-7-14(25-21-9)17(23)24-10(2)15(22)11(8-18)16-19-12-5-3-4-6-13(12)20-16/h3-7,10,22H,1-2H3,(H,19,20)/b15-11-/t10-/m0/s1. The predicted octanol–water partition coefficient (Wildman–Crippen LogP) is 2.90. The molecular weight excluding hydrogens is 324 g/mol. The fourth-order valence-electron chi connectivity index (χ4n) is 2.24. The molecule has 2 aromatic heterocycles. The number of aromatic nitrogens is 3. The number of esters is 1. The lowest BCUT2D eigenvalue weighted by Crippen LogP contribution is -2.18. The number of allylic oxidation sites excluding steroid dienone is 1. The van der Waals surface area contributed by atoms with Crippen molar-refractivity contribution in [2.24, 2.45) is 0 Å². The highest BCUT2D eigenvalue weighted by Crippen LogP contribution is 2.21. The molecule has 3 rings (SSSR count). The Morgan fingerprint density at radius 1 is 1.44 bits per heavy atom. The first-order chi connectivity index (χ1) is 12.0. The number of imidazole rings is 1. The van der Waals surface area contributed by atoms with Gasteiger partial charge in [-0.2, -0.15) is 5.26 Å². The zero-order valence-corrected chi connectivity index (χ0v) is 13.5. The van der Waals surface area contributed by atoms with Gasteiger partial charge in [0.05, 0.1) is 16.7 Å². The van der Waals surface area contributed by atoms with Gasteiger partial charge < -0.3 is 19.4 Å². The van der Waals surface area contributed by atoms with Gasteiger partial charge in [-0.25, -0.2) is 9.78 Å². The highest BCUT2D eigenvalue weighted by Gasteiger charge is 2.23. The largest absolute Gasteiger partial charge is 0.507 e. The Kier molecular flexibility index (Phi) is 4.22. The van der Waals surface area contributed by atoms with E-state index in [1.54, 1.807) is 19.1 Å². The second-order valence-corrected chi connectivity index (χ2v) is 5.35. The molecular formula is C17H14N4O4. The van der Waals surface area contributed by atoms with Crippen LogP contribution in [0.4, 0.5) is 0 Å². The van der Waals surface area contributed by atoms with Crippen molar-refractivity contribution in [1.82, 2.24) is 15.1 Å². The molecule has 0 saturated heterocycles. The fraction of sp³-hybridized carbons (Fsp3) is 0.176. The van der Waals surface area contributed by atoms with E-state index in [-0.39, 0.29) is 17.2 Å². The summed E-state index contributed by atoms with van der Waals surface area (Å²) in [6.45, 7) is 3.10. The first-order valence-electron chi connectivity index (χ1n) is 7.42. The summed E-state index contributed by atoms with van der Waals surface area (Å²) in [6, 6.07) is 10.5. The number of H-pyrrole nitrogens is 1. The van der Waals surface area contributed by atoms with Gasteiger partial charge in [-0.3, -0.25) is 0 Å². The highest BCUT2D eigenvalue weighted by atomic mass is 16.6. The number of fused-ring (bicyclic) bond motifs is 1. The molecule has 0 aliphatic rings. The third kappa shape index (κ3) is 3.21. The zero-order valence-electron chi connectivity index (χ0n) is 13.5. The first kappa shape index (κ1) is 16.3. The molecule has 0 spiro atoms. The SMILES string of the molecule is Cc1cc(C(=O)O[C@@H](C)/C(O)=C(\C#N)c2nc3ccccc3[nH]2)on1. The molecule has 0 saturated carbocycles. The van der Waals surface area contributed by atoms with Crippen LogP contribution in [0.1, 0.15) is 29.0 Å². The Balaban J connectivity index is 1.87. The summed E-state index contributed by atoms with van der Waals surface area (Å²) in [5.74, 6) is -1.09. The Bertz CT molecular complexity index is 976. The van der Waals surface area contributed by atoms with Crippen molar-refractivity contribution >= 4 is 22.6 Å². The van der Waals surface area contributed by atoms with Crippen molar-refractivity contribution in [2.45, 2.75) is 20.0 Å². The Hall–Kier alpha value is -3.60. The van der Waals surface area contributed by atoms with Crippen molar-refractivity contribution in [3.8, 4) is 6.07 Å². The molecule has 126 valence electrons. The van der Waals surface area contributed by atoms with Crippen LogP contribution < -0.4 is 0 Å². The van der Waals surface area contributed by atoms with Crippen molar-refractivity contribution in [3.63, 3.8) is 0 Å². The monoisotopic (exact) mass is 338 g/mol. The number of nitriles is 1. The Morgan fingerprint density at radius 3 is 2.84 bits per heavy atom. The topological polar surface area (TPSA) is 125 Å². The number of para-hydroxylation sites is 2. The molecule has 0 fully saturated rings. The number of nitrogens with zero attached hydrogens (tertiary/aromatic N) is 3. The smallest absolute Gasteiger partial charge is 0.377 e. The van der Waals surface area contributed by atoms with Gasteiger partial charge >= 0.3 is 5.97 Å². The third-order valence-electron chi connectivity index (χ3n) is 3.49. The number of carbonyl (C=O) groups excluding carboxylic acids is 1. The van der Waals surface area contributed by atoms with Crippen molar-refractivity contribution in [2.75, 3.05) is 0 Å². The first-order valence-corrected chi connectivity index (χ1v) is 7.42. The van der Waals surface area contributed by atoms with Gasteiger partial charge in [-0.1, -0.05) is 17.3 Å². The Labute approximate surface area is 142 Å². The van der Waals surface area contributed by atoms with Gasteiger partial charge in [0.2, 0.25) is 5.76 Å². The summed E-state index contributed by atoms with van der Waals surface area (Å²) >= 11 is 0. The number of hydrogen-bond donors (Lipinski definition) is 2. The third-order valence-corrected chi connectivity index (χ3v) is 3.49. The van der Waals surface area contributed by atoms with Gasteiger partial charge in [-0.15, -0.1) is 0 Å². The highest BCUT2D eigenvalue weighted by molar-refractivity contribution is 5.87. The molecule has 0 unspecified atom stereocenters. The molecule has 0 aliphatic heterocycles. The molecule has 8 heteroatoms. The predicted molar refractivity (Wildman–Crippen MR) is 87.4 cm³/mol. The van der Waals surface area contributed by atoms with Crippen LogP contribution in [0, 0.1) is 18.3 Å². The summed E-state index contributed by atoms with van der Waals surface area (Å²) in [5.41, 5.74) is 1.80. The minimum atomic E-state index is -1.07. The van der Waals surface area contributed by atoms with Crippen LogP contribution in [0.15, 0.2) is 40.6 Å². The molecule has 2 N–H and O–H groups in total. The Morgan fingerprint density at radius 2 is 2.20 bits per heavy atom. The number of ether oxygens (including phenoxy) is 1. The minimum absolute atomic E-state index is 0.0839. The molecule has 8 nitrogen and oxygen atoms in total. The van der Waals surface area contributed by atoms with E-state index in [2.05, 4.69) is 15.1 Å². The summed E-state index contributed by atoms with van der Waals surface area (Å²) in [6.07, 6.45) is -1.07. The van der Waals surface area contributed by atoms with Crippen LogP contribution >= 0.6 is 0 Å². The summed E-state index contributed by atoms with van der Waals surface area (Å²) < 4.78 is 9.93. The molecule has 25 heavy (non-hydrogen) atoms. The van der Waals surface area contributed by atoms with E-state index in [9.17, 15) is 15.2 Å². The van der Waals surface area contributed by atoms with Gasteiger partial charge in [0, 0.05) is 6.07 Å². The van der Waals surface area contributed by atoms with E-state index < -0.39 is 17.8 Å². The average molecular weight is 338 g/mol. The van der Waals surface area contributed by atoms with Crippen molar-refractivity contribution in [3.05, 3.63) is 53.4 Å². The average Bonchev–Trinajstić information content (AvgIpc) is 3.21. The van der Waals surface area contributed by atoms with Crippen molar-refractivity contribution < 1.29 is 19.2 Å². The number of rotatable bonds is 4. The van der Waals surface area contributed by atoms with Crippen LogP contribution in [-0.2, 0) is 4.74 Å². The lowest BCUT2D eigenvalue weighted by Gasteiger charge is -2.12. The summed E-state index contributed by atoms with van der Waals surface area (Å²) in [4.78, 5) is 19.2. The molecule has 1 atom stereocenters. The number of aromatic amines is 1. The maximum absolute atomic E-state index is 12.0. The molecule has 2 heterocycles. The van der Waals surface area contributed by atoms with Gasteiger partial charge in [0.1, 0.15) is 11.6 Å². The number of aliphatic hydroxyl groups excluding tert-OH is 1. The number of hydrogen-bond acceptors (Lipinski definition) is 7. The van der Waals surface area contributed by atoms with Gasteiger partial charge in [0.25, 0.3) is 0 Å². The van der Waals surface area contributed by atoms with E-state index in [4.69, 9.17) is 9.26 Å². The van der Waals surface area contributed by atoms with Crippen LogP contribution in [-0.4, -0.2) is 32.3 Å². The van der Waals surface area contributed by atoms with Crippen LogP contribution in [0.5, 0.6) is 0 Å². The maximum Gasteiger partial charge on any atom is 0.377 e. The number of aryl methyl sites for hydroxylation is 1. The van der Waals surface area contributed by atoms with E-state index in [0.29, 0.717) is 11.2 Å².